The number of benzene rings is 3. The fourth-order valence-corrected chi connectivity index (χ4v) is 6.20. The van der Waals surface area contributed by atoms with E-state index in [-0.39, 0.29) is 12.2 Å². The Morgan fingerprint density at radius 3 is 1.74 bits per heavy atom. The average Bonchev–Trinajstić information content (AvgIpc) is 3.72. The molecule has 158 valence electrons. The Hall–Kier alpha value is -2.79. The maximum atomic E-state index is 14.5. The zero-order valence-corrected chi connectivity index (χ0v) is 17.6. The molecule has 0 saturated carbocycles. The summed E-state index contributed by atoms with van der Waals surface area (Å²) in [7, 11) is -3.41. The summed E-state index contributed by atoms with van der Waals surface area (Å²) in [5.41, 5.74) is 1.78. The Labute approximate surface area is 180 Å². The van der Waals surface area contributed by atoms with E-state index in [1.807, 2.05) is 66.7 Å². The van der Waals surface area contributed by atoms with Crippen molar-refractivity contribution in [1.29, 1.82) is 0 Å². The molecule has 0 spiro atoms. The van der Waals surface area contributed by atoms with Gasteiger partial charge in [0.2, 0.25) is 0 Å². The molecule has 6 nitrogen and oxygen atoms in total. The molecular formula is C24H21O6P. The van der Waals surface area contributed by atoms with Gasteiger partial charge < -0.3 is 23.5 Å². The van der Waals surface area contributed by atoms with Gasteiger partial charge in [0.1, 0.15) is 42.7 Å². The molecule has 6 rings (SSSR count). The molecule has 0 aromatic heterocycles. The van der Waals surface area contributed by atoms with E-state index < -0.39 is 7.37 Å². The van der Waals surface area contributed by atoms with Crippen LogP contribution in [-0.4, -0.2) is 38.6 Å². The molecule has 3 aromatic carbocycles. The molecule has 0 bridgehead atoms. The van der Waals surface area contributed by atoms with Crippen molar-refractivity contribution in [3.05, 3.63) is 66.7 Å². The fraction of sp³-hybridized carbons (Fsp3) is 0.250. The van der Waals surface area contributed by atoms with Crippen LogP contribution in [0.2, 0.25) is 0 Å². The molecule has 0 amide bonds. The summed E-state index contributed by atoms with van der Waals surface area (Å²) in [6.45, 7) is 2.41. The van der Waals surface area contributed by atoms with E-state index in [9.17, 15) is 4.57 Å². The Morgan fingerprint density at radius 2 is 1.26 bits per heavy atom. The van der Waals surface area contributed by atoms with E-state index in [4.69, 9.17) is 23.5 Å². The van der Waals surface area contributed by atoms with Crippen LogP contribution >= 0.6 is 7.37 Å². The molecule has 2 fully saturated rings. The van der Waals surface area contributed by atoms with Crippen molar-refractivity contribution < 1.29 is 28.0 Å². The minimum absolute atomic E-state index is 0.146. The number of para-hydroxylation sites is 1. The van der Waals surface area contributed by atoms with Crippen LogP contribution in [-0.2, 0) is 14.0 Å². The number of hydrogen-bond acceptors (Lipinski definition) is 6. The smallest absolute Gasteiger partial charge is 0.308 e. The molecule has 3 aromatic rings. The predicted octanol–water partition coefficient (Wildman–Crippen LogP) is 3.53. The predicted molar refractivity (Wildman–Crippen MR) is 116 cm³/mol. The lowest BCUT2D eigenvalue weighted by molar-refractivity contribution is 0.263. The van der Waals surface area contributed by atoms with Crippen LogP contribution in [0.25, 0.3) is 11.1 Å². The number of epoxide rings is 2. The van der Waals surface area contributed by atoms with E-state index in [1.165, 1.54) is 0 Å². The molecule has 0 radical (unpaired) electrons. The van der Waals surface area contributed by atoms with E-state index >= 15 is 0 Å². The van der Waals surface area contributed by atoms with Crippen LogP contribution in [0, 0.1) is 0 Å². The molecule has 7 heteroatoms. The van der Waals surface area contributed by atoms with Crippen LogP contribution in [0.3, 0.4) is 0 Å². The van der Waals surface area contributed by atoms with Gasteiger partial charge >= 0.3 is 7.37 Å². The quantitative estimate of drug-likeness (QED) is 0.398. The highest BCUT2D eigenvalue weighted by molar-refractivity contribution is 7.76. The van der Waals surface area contributed by atoms with E-state index in [2.05, 4.69) is 0 Å². The van der Waals surface area contributed by atoms with Crippen molar-refractivity contribution >= 4 is 18.0 Å². The molecule has 3 aliphatic rings. The van der Waals surface area contributed by atoms with Crippen LogP contribution in [0.5, 0.6) is 17.2 Å². The third-order valence-electron chi connectivity index (χ3n) is 5.52. The maximum absolute atomic E-state index is 14.5. The summed E-state index contributed by atoms with van der Waals surface area (Å²) in [5.74, 6) is 1.86. The fourth-order valence-electron chi connectivity index (χ4n) is 3.71. The van der Waals surface area contributed by atoms with Crippen molar-refractivity contribution in [1.82, 2.24) is 0 Å². The standard InChI is InChI=1S/C24H21O6P/c25-31(30-16-4-2-1-3-5-16)23-10-17(26-12-19-14-28-19)6-8-21(23)22-9-7-18(11-24(22)31)27-13-20-15-29-20/h1-11,19-20H,12-15H2. The second-order valence-electron chi connectivity index (χ2n) is 7.85. The van der Waals surface area contributed by atoms with Gasteiger partial charge in [-0.1, -0.05) is 18.2 Å². The van der Waals surface area contributed by atoms with Gasteiger partial charge in [0.25, 0.3) is 0 Å². The lowest BCUT2D eigenvalue weighted by Gasteiger charge is -2.18. The third kappa shape index (κ3) is 3.72. The first-order chi connectivity index (χ1) is 15.2. The van der Waals surface area contributed by atoms with Crippen molar-refractivity contribution in [3.8, 4) is 28.4 Å². The molecule has 2 saturated heterocycles. The summed E-state index contributed by atoms with van der Waals surface area (Å²) in [5, 5.41) is 1.28. The molecule has 3 aliphatic heterocycles. The number of ether oxygens (including phenoxy) is 4. The normalized spacial score (nSPS) is 24.8. The highest BCUT2D eigenvalue weighted by atomic mass is 31.2. The largest absolute Gasteiger partial charge is 0.491 e. The second kappa shape index (κ2) is 7.41. The average molecular weight is 436 g/mol. The third-order valence-corrected chi connectivity index (χ3v) is 7.99. The van der Waals surface area contributed by atoms with Gasteiger partial charge in [0.05, 0.1) is 23.8 Å². The zero-order valence-electron chi connectivity index (χ0n) is 16.7. The summed E-state index contributed by atoms with van der Waals surface area (Å²) < 4.78 is 42.8. The topological polar surface area (TPSA) is 69.8 Å². The first-order valence-electron chi connectivity index (χ1n) is 10.3. The van der Waals surface area contributed by atoms with Gasteiger partial charge in [0.15, 0.2) is 0 Å². The second-order valence-corrected chi connectivity index (χ2v) is 10.1. The highest BCUT2D eigenvalue weighted by Gasteiger charge is 2.42. The monoisotopic (exact) mass is 436 g/mol. The minimum Gasteiger partial charge on any atom is -0.491 e. The van der Waals surface area contributed by atoms with E-state index in [1.54, 1.807) is 0 Å². The molecule has 2 atom stereocenters. The van der Waals surface area contributed by atoms with Crippen molar-refractivity contribution in [2.24, 2.45) is 0 Å². The van der Waals surface area contributed by atoms with Crippen LogP contribution < -0.4 is 24.6 Å². The molecular weight excluding hydrogens is 415 g/mol. The van der Waals surface area contributed by atoms with Crippen molar-refractivity contribution in [2.75, 3.05) is 26.4 Å². The van der Waals surface area contributed by atoms with E-state index in [0.717, 1.165) is 24.3 Å². The van der Waals surface area contributed by atoms with Crippen LogP contribution in [0.1, 0.15) is 0 Å². The van der Waals surface area contributed by atoms with E-state index in [0.29, 0.717) is 41.1 Å². The molecule has 2 unspecified atom stereocenters. The number of rotatable bonds is 8. The Balaban J connectivity index is 1.40. The molecule has 3 heterocycles. The first kappa shape index (κ1) is 18.9. The SMILES string of the molecule is O=P1(Oc2ccccc2)c2cc(OCC3CO3)ccc2-c2ccc(OCC3CO3)cc21. The first-order valence-corrected chi connectivity index (χ1v) is 11.9. The van der Waals surface area contributed by atoms with Gasteiger partial charge in [-0.15, -0.1) is 0 Å². The van der Waals surface area contributed by atoms with Crippen LogP contribution in [0.4, 0.5) is 0 Å². The minimum atomic E-state index is -3.41. The van der Waals surface area contributed by atoms with Crippen LogP contribution in [0.15, 0.2) is 66.7 Å². The zero-order chi connectivity index (χ0) is 20.8. The summed E-state index contributed by atoms with van der Waals surface area (Å²) >= 11 is 0. The maximum Gasteiger partial charge on any atom is 0.308 e. The Morgan fingerprint density at radius 1 is 0.742 bits per heavy atom. The Bertz CT molecular complexity index is 1100. The molecule has 0 aliphatic carbocycles. The molecule has 31 heavy (non-hydrogen) atoms. The lowest BCUT2D eigenvalue weighted by atomic mass is 10.1. The highest BCUT2D eigenvalue weighted by Crippen LogP contribution is 2.54. The lowest BCUT2D eigenvalue weighted by Crippen LogP contribution is -2.16. The van der Waals surface area contributed by atoms with Gasteiger partial charge in [0, 0.05) is 0 Å². The van der Waals surface area contributed by atoms with Gasteiger partial charge in [-0.2, -0.15) is 0 Å². The summed E-state index contributed by atoms with van der Waals surface area (Å²) in [6, 6.07) is 20.6. The summed E-state index contributed by atoms with van der Waals surface area (Å²) in [4.78, 5) is 0. The van der Waals surface area contributed by atoms with Crippen molar-refractivity contribution in [3.63, 3.8) is 0 Å². The number of hydrogen-bond donors (Lipinski definition) is 0. The van der Waals surface area contributed by atoms with Crippen molar-refractivity contribution in [2.45, 2.75) is 12.2 Å². The molecule has 0 N–H and O–H groups in total. The van der Waals surface area contributed by atoms with Gasteiger partial charge in [-0.05, 0) is 59.7 Å². The van der Waals surface area contributed by atoms with Gasteiger partial charge in [-0.3, -0.25) is 4.57 Å². The number of fused-ring (bicyclic) bond motifs is 3. The summed E-state index contributed by atoms with van der Waals surface area (Å²) in [6.07, 6.45) is 0.293. The van der Waals surface area contributed by atoms with Gasteiger partial charge in [-0.25, -0.2) is 0 Å². The Kier molecular flexibility index (Phi) is 4.53.